The number of hydrogen-bond acceptors (Lipinski definition) is 3. The van der Waals surface area contributed by atoms with Crippen LogP contribution in [0, 0.1) is 0 Å². The van der Waals surface area contributed by atoms with Crippen LogP contribution in [-0.2, 0) is 6.42 Å². The Morgan fingerprint density at radius 3 is 2.63 bits per heavy atom. The van der Waals surface area contributed by atoms with Crippen molar-refractivity contribution in [2.24, 2.45) is 5.73 Å². The SMILES string of the molecule is CCN(CCc1ccccn1)C1(CN)CCCCC1. The van der Waals surface area contributed by atoms with Crippen molar-refractivity contribution < 1.29 is 0 Å². The van der Waals surface area contributed by atoms with Gasteiger partial charge < -0.3 is 5.73 Å². The molecule has 2 N–H and O–H groups in total. The fourth-order valence-corrected chi connectivity index (χ4v) is 3.39. The van der Waals surface area contributed by atoms with Crippen LogP contribution in [0.5, 0.6) is 0 Å². The third-order valence-corrected chi connectivity index (χ3v) is 4.58. The molecule has 0 amide bonds. The zero-order valence-electron chi connectivity index (χ0n) is 12.1. The average molecular weight is 261 g/mol. The Morgan fingerprint density at radius 1 is 1.26 bits per heavy atom. The second-order valence-corrected chi connectivity index (χ2v) is 5.64. The molecule has 0 spiro atoms. The van der Waals surface area contributed by atoms with Crippen molar-refractivity contribution in [3.8, 4) is 0 Å². The van der Waals surface area contributed by atoms with E-state index in [4.69, 9.17) is 5.73 Å². The Labute approximate surface area is 117 Å². The Hall–Kier alpha value is -0.930. The molecule has 1 aromatic heterocycles. The van der Waals surface area contributed by atoms with Gasteiger partial charge >= 0.3 is 0 Å². The minimum Gasteiger partial charge on any atom is -0.329 e. The smallest absolute Gasteiger partial charge is 0.0416 e. The van der Waals surface area contributed by atoms with Crippen LogP contribution in [0.25, 0.3) is 0 Å². The van der Waals surface area contributed by atoms with Crippen molar-refractivity contribution in [2.45, 2.75) is 51.0 Å². The molecule has 0 atom stereocenters. The summed E-state index contributed by atoms with van der Waals surface area (Å²) in [6.45, 7) is 5.21. The molecule has 1 saturated carbocycles. The molecule has 1 aliphatic rings. The van der Waals surface area contributed by atoms with Crippen LogP contribution in [0.2, 0.25) is 0 Å². The first kappa shape index (κ1) is 14.5. The van der Waals surface area contributed by atoms with E-state index < -0.39 is 0 Å². The summed E-state index contributed by atoms with van der Waals surface area (Å²) < 4.78 is 0. The zero-order chi connectivity index (χ0) is 13.6. The van der Waals surface area contributed by atoms with Gasteiger partial charge in [0.25, 0.3) is 0 Å². The van der Waals surface area contributed by atoms with Gasteiger partial charge in [-0.3, -0.25) is 9.88 Å². The van der Waals surface area contributed by atoms with Crippen LogP contribution >= 0.6 is 0 Å². The lowest BCUT2D eigenvalue weighted by Crippen LogP contribution is -2.55. The summed E-state index contributed by atoms with van der Waals surface area (Å²) in [5, 5.41) is 0. The molecule has 1 aliphatic carbocycles. The number of hydrogen-bond donors (Lipinski definition) is 1. The Bertz CT molecular complexity index is 358. The molecule has 3 heteroatoms. The van der Waals surface area contributed by atoms with Crippen molar-refractivity contribution in [3.63, 3.8) is 0 Å². The fraction of sp³-hybridized carbons (Fsp3) is 0.688. The molecule has 0 aromatic carbocycles. The second kappa shape index (κ2) is 7.01. The molecule has 19 heavy (non-hydrogen) atoms. The first-order valence-corrected chi connectivity index (χ1v) is 7.66. The van der Waals surface area contributed by atoms with E-state index in [1.54, 1.807) is 0 Å². The number of pyridine rings is 1. The highest BCUT2D eigenvalue weighted by molar-refractivity contribution is 5.04. The van der Waals surface area contributed by atoms with E-state index in [2.05, 4.69) is 28.9 Å². The predicted molar refractivity (Wildman–Crippen MR) is 80.1 cm³/mol. The molecule has 1 heterocycles. The highest BCUT2D eigenvalue weighted by Gasteiger charge is 2.35. The van der Waals surface area contributed by atoms with Crippen LogP contribution in [0.3, 0.4) is 0 Å². The number of rotatable bonds is 6. The summed E-state index contributed by atoms with van der Waals surface area (Å²) in [6.07, 6.45) is 9.47. The molecule has 1 aromatic rings. The minimum atomic E-state index is 0.252. The fourth-order valence-electron chi connectivity index (χ4n) is 3.39. The lowest BCUT2D eigenvalue weighted by Gasteiger charge is -2.45. The van der Waals surface area contributed by atoms with Gasteiger partial charge in [-0.1, -0.05) is 32.3 Å². The van der Waals surface area contributed by atoms with E-state index in [1.165, 1.54) is 37.8 Å². The van der Waals surface area contributed by atoms with Crippen LogP contribution < -0.4 is 5.73 Å². The Balaban J connectivity index is 1.98. The van der Waals surface area contributed by atoms with E-state index in [9.17, 15) is 0 Å². The first-order valence-electron chi connectivity index (χ1n) is 7.66. The molecule has 0 saturated heterocycles. The molecule has 0 radical (unpaired) electrons. The third kappa shape index (κ3) is 3.54. The van der Waals surface area contributed by atoms with Gasteiger partial charge in [0.15, 0.2) is 0 Å². The highest BCUT2D eigenvalue weighted by Crippen LogP contribution is 2.32. The van der Waals surface area contributed by atoms with E-state index in [0.29, 0.717) is 0 Å². The van der Waals surface area contributed by atoms with Crippen molar-refractivity contribution in [1.82, 2.24) is 9.88 Å². The van der Waals surface area contributed by atoms with Crippen LogP contribution in [0.1, 0.15) is 44.7 Å². The molecule has 106 valence electrons. The first-order chi connectivity index (χ1) is 9.30. The molecule has 3 nitrogen and oxygen atoms in total. The topological polar surface area (TPSA) is 42.2 Å². The van der Waals surface area contributed by atoms with Crippen molar-refractivity contribution in [2.75, 3.05) is 19.6 Å². The van der Waals surface area contributed by atoms with Gasteiger partial charge in [0, 0.05) is 36.9 Å². The van der Waals surface area contributed by atoms with Gasteiger partial charge in [-0.25, -0.2) is 0 Å². The number of aromatic nitrogens is 1. The molecular formula is C16H27N3. The van der Waals surface area contributed by atoms with Crippen molar-refractivity contribution in [3.05, 3.63) is 30.1 Å². The Morgan fingerprint density at radius 2 is 2.05 bits per heavy atom. The van der Waals surface area contributed by atoms with Gasteiger partial charge in [-0.2, -0.15) is 0 Å². The summed E-state index contributed by atoms with van der Waals surface area (Å²) in [5.74, 6) is 0. The maximum atomic E-state index is 6.13. The molecule has 1 fully saturated rings. The molecule has 0 unspecified atom stereocenters. The monoisotopic (exact) mass is 261 g/mol. The molecule has 0 bridgehead atoms. The van der Waals surface area contributed by atoms with Crippen molar-refractivity contribution in [1.29, 1.82) is 0 Å². The molecular weight excluding hydrogens is 234 g/mol. The highest BCUT2D eigenvalue weighted by atomic mass is 15.2. The summed E-state index contributed by atoms with van der Waals surface area (Å²) in [7, 11) is 0. The minimum absolute atomic E-state index is 0.252. The van der Waals surface area contributed by atoms with Gasteiger partial charge in [-0.15, -0.1) is 0 Å². The lowest BCUT2D eigenvalue weighted by atomic mass is 9.80. The average Bonchev–Trinajstić information content (AvgIpc) is 2.50. The van der Waals surface area contributed by atoms with Crippen LogP contribution in [0.4, 0.5) is 0 Å². The number of nitrogens with two attached hydrogens (primary N) is 1. The van der Waals surface area contributed by atoms with Crippen molar-refractivity contribution >= 4 is 0 Å². The van der Waals surface area contributed by atoms with E-state index >= 15 is 0 Å². The van der Waals surface area contributed by atoms with Crippen LogP contribution in [0.15, 0.2) is 24.4 Å². The molecule has 0 aliphatic heterocycles. The predicted octanol–water partition coefficient (Wildman–Crippen LogP) is 2.61. The lowest BCUT2D eigenvalue weighted by molar-refractivity contribution is 0.0627. The second-order valence-electron chi connectivity index (χ2n) is 5.64. The van der Waals surface area contributed by atoms with E-state index in [0.717, 1.165) is 26.1 Å². The third-order valence-electron chi connectivity index (χ3n) is 4.58. The Kier molecular flexibility index (Phi) is 5.34. The van der Waals surface area contributed by atoms with Gasteiger partial charge in [0.2, 0.25) is 0 Å². The quantitative estimate of drug-likeness (QED) is 0.856. The largest absolute Gasteiger partial charge is 0.329 e. The number of likely N-dealkylation sites (N-methyl/N-ethyl adjacent to an activating group) is 1. The maximum absolute atomic E-state index is 6.13. The zero-order valence-corrected chi connectivity index (χ0v) is 12.1. The standard InChI is InChI=1S/C16H27N3/c1-2-19(13-9-15-8-4-7-12-18-15)16(14-17)10-5-3-6-11-16/h4,7-8,12H,2-3,5-6,9-11,13-14,17H2,1H3. The summed E-state index contributed by atoms with van der Waals surface area (Å²) in [6, 6.07) is 6.16. The summed E-state index contributed by atoms with van der Waals surface area (Å²) in [4.78, 5) is 7.02. The molecule has 2 rings (SSSR count). The van der Waals surface area contributed by atoms with Gasteiger partial charge in [0.05, 0.1) is 0 Å². The van der Waals surface area contributed by atoms with E-state index in [1.807, 2.05) is 12.3 Å². The van der Waals surface area contributed by atoms with E-state index in [-0.39, 0.29) is 5.54 Å². The van der Waals surface area contributed by atoms with Gasteiger partial charge in [0.1, 0.15) is 0 Å². The number of nitrogens with zero attached hydrogens (tertiary/aromatic N) is 2. The van der Waals surface area contributed by atoms with Gasteiger partial charge in [-0.05, 0) is 31.5 Å². The van der Waals surface area contributed by atoms with Crippen LogP contribution in [-0.4, -0.2) is 35.1 Å². The maximum Gasteiger partial charge on any atom is 0.0416 e. The summed E-state index contributed by atoms with van der Waals surface area (Å²) in [5.41, 5.74) is 7.56. The summed E-state index contributed by atoms with van der Waals surface area (Å²) >= 11 is 0. The normalized spacial score (nSPS) is 18.7.